The van der Waals surface area contributed by atoms with Crippen LogP contribution in [0.4, 0.5) is 18.9 Å². The molecule has 0 spiro atoms. The van der Waals surface area contributed by atoms with Crippen LogP contribution in [-0.4, -0.2) is 32.7 Å². The number of rotatable bonds is 8. The lowest BCUT2D eigenvalue weighted by Crippen LogP contribution is -2.46. The van der Waals surface area contributed by atoms with Crippen molar-refractivity contribution in [3.05, 3.63) is 29.8 Å². The van der Waals surface area contributed by atoms with Crippen molar-refractivity contribution < 1.29 is 26.4 Å². The summed E-state index contributed by atoms with van der Waals surface area (Å²) in [5.74, 6) is -0.267. The number of alkyl halides is 3. The van der Waals surface area contributed by atoms with E-state index in [4.69, 9.17) is 0 Å². The van der Waals surface area contributed by atoms with Gasteiger partial charge in [-0.2, -0.15) is 13.2 Å². The van der Waals surface area contributed by atoms with Gasteiger partial charge in [0, 0.05) is 18.5 Å². The third kappa shape index (κ3) is 8.64. The molecule has 0 unspecified atom stereocenters. The summed E-state index contributed by atoms with van der Waals surface area (Å²) in [4.78, 5) is 12.3. The van der Waals surface area contributed by atoms with Crippen LogP contribution in [0, 0.1) is 5.41 Å². The minimum atomic E-state index is -4.69. The normalized spacial score (nSPS) is 13.3. The van der Waals surface area contributed by atoms with Crippen LogP contribution in [0.5, 0.6) is 0 Å². The Balaban J connectivity index is 2.88. The monoisotopic (exact) mass is 436 g/mol. The Bertz CT molecular complexity index is 813. The number of nitrogens with zero attached hydrogens (tertiary/aromatic N) is 1. The van der Waals surface area contributed by atoms with Crippen LogP contribution in [-0.2, 0) is 21.0 Å². The number of nitrogens with one attached hydrogen (secondary N) is 1. The number of sulfonamides is 1. The molecule has 1 aromatic carbocycles. The minimum Gasteiger partial charge on any atom is -0.351 e. The first-order chi connectivity index (χ1) is 12.9. The standard InChI is InChI=1S/C20H31F3N2O3S/c1-18(2,3)14-19(4,5)24-17(26)12-9-13-25(29(6,27)28)16-11-8-7-10-15(16)20(21,22)23/h7-8,10-11H,9,12-14H2,1-6H3,(H,24,26). The maximum Gasteiger partial charge on any atom is 0.418 e. The summed E-state index contributed by atoms with van der Waals surface area (Å²) in [5.41, 5.74) is -1.91. The van der Waals surface area contributed by atoms with Crippen molar-refractivity contribution in [3.63, 3.8) is 0 Å². The highest BCUT2D eigenvalue weighted by atomic mass is 32.2. The molecule has 0 fully saturated rings. The van der Waals surface area contributed by atoms with Crippen LogP contribution >= 0.6 is 0 Å². The van der Waals surface area contributed by atoms with E-state index in [9.17, 15) is 26.4 Å². The number of amides is 1. The topological polar surface area (TPSA) is 66.5 Å². The molecule has 29 heavy (non-hydrogen) atoms. The molecule has 0 radical (unpaired) electrons. The molecular formula is C20H31F3N2O3S. The number of para-hydroxylation sites is 1. The summed E-state index contributed by atoms with van der Waals surface area (Å²) >= 11 is 0. The quantitative estimate of drug-likeness (QED) is 0.649. The van der Waals surface area contributed by atoms with E-state index in [1.165, 1.54) is 12.1 Å². The summed E-state index contributed by atoms with van der Waals surface area (Å²) < 4.78 is 64.8. The molecule has 0 aromatic heterocycles. The second-order valence-electron chi connectivity index (χ2n) is 9.12. The summed E-state index contributed by atoms with van der Waals surface area (Å²) in [7, 11) is -3.96. The molecule has 0 atom stereocenters. The van der Waals surface area contributed by atoms with Crippen LogP contribution < -0.4 is 9.62 Å². The van der Waals surface area contributed by atoms with Gasteiger partial charge in [0.25, 0.3) is 0 Å². The van der Waals surface area contributed by atoms with Crippen molar-refractivity contribution in [2.24, 2.45) is 5.41 Å². The highest BCUT2D eigenvalue weighted by Crippen LogP contribution is 2.37. The van der Waals surface area contributed by atoms with E-state index in [2.05, 4.69) is 26.1 Å². The number of hydrogen-bond acceptors (Lipinski definition) is 3. The Labute approximate surface area is 171 Å². The van der Waals surface area contributed by atoms with E-state index < -0.39 is 33.0 Å². The fourth-order valence-electron chi connectivity index (χ4n) is 3.59. The highest BCUT2D eigenvalue weighted by Gasteiger charge is 2.36. The van der Waals surface area contributed by atoms with Gasteiger partial charge in [0.2, 0.25) is 15.9 Å². The van der Waals surface area contributed by atoms with Gasteiger partial charge in [-0.3, -0.25) is 9.10 Å². The molecule has 9 heteroatoms. The summed E-state index contributed by atoms with van der Waals surface area (Å²) in [5, 5.41) is 2.91. The van der Waals surface area contributed by atoms with Gasteiger partial charge in [0.1, 0.15) is 0 Å². The van der Waals surface area contributed by atoms with Crippen LogP contribution in [0.3, 0.4) is 0 Å². The van der Waals surface area contributed by atoms with Crippen molar-refractivity contribution in [2.75, 3.05) is 17.1 Å². The van der Waals surface area contributed by atoms with Gasteiger partial charge in [-0.1, -0.05) is 32.9 Å². The highest BCUT2D eigenvalue weighted by molar-refractivity contribution is 7.92. The number of halogens is 3. The zero-order chi connectivity index (χ0) is 22.7. The van der Waals surface area contributed by atoms with Crippen molar-refractivity contribution in [2.45, 2.75) is 65.6 Å². The van der Waals surface area contributed by atoms with E-state index in [-0.39, 0.29) is 30.7 Å². The first-order valence-electron chi connectivity index (χ1n) is 9.37. The zero-order valence-corrected chi connectivity index (χ0v) is 18.7. The first kappa shape index (κ1) is 25.3. The number of carbonyl (C=O) groups excluding carboxylic acids is 1. The van der Waals surface area contributed by atoms with E-state index in [1.807, 2.05) is 13.8 Å². The zero-order valence-electron chi connectivity index (χ0n) is 17.9. The molecule has 0 aliphatic carbocycles. The van der Waals surface area contributed by atoms with Crippen molar-refractivity contribution in [1.29, 1.82) is 0 Å². The Kier molecular flexibility index (Phi) is 7.78. The van der Waals surface area contributed by atoms with Gasteiger partial charge in [0.15, 0.2) is 0 Å². The van der Waals surface area contributed by atoms with Gasteiger partial charge in [0.05, 0.1) is 17.5 Å². The smallest absolute Gasteiger partial charge is 0.351 e. The fraction of sp³-hybridized carbons (Fsp3) is 0.650. The Hall–Kier alpha value is -1.77. The minimum absolute atomic E-state index is 0.00513. The third-order valence-electron chi connectivity index (χ3n) is 4.09. The molecule has 0 bridgehead atoms. The van der Waals surface area contributed by atoms with Gasteiger partial charge in [-0.15, -0.1) is 0 Å². The number of carbonyl (C=O) groups is 1. The predicted molar refractivity (Wildman–Crippen MR) is 109 cm³/mol. The molecule has 0 saturated carbocycles. The third-order valence-corrected chi connectivity index (χ3v) is 5.27. The first-order valence-corrected chi connectivity index (χ1v) is 11.2. The predicted octanol–water partition coefficient (Wildman–Crippen LogP) is 4.58. The Morgan fingerprint density at radius 3 is 2.10 bits per heavy atom. The molecule has 0 saturated heterocycles. The number of hydrogen-bond donors (Lipinski definition) is 1. The molecule has 0 aliphatic heterocycles. The molecule has 1 aromatic rings. The van der Waals surface area contributed by atoms with Gasteiger partial charge < -0.3 is 5.32 Å². The molecule has 1 amide bonds. The largest absolute Gasteiger partial charge is 0.418 e. The van der Waals surface area contributed by atoms with Crippen LogP contribution in [0.1, 0.15) is 59.4 Å². The average Bonchev–Trinajstić information content (AvgIpc) is 2.46. The molecule has 5 nitrogen and oxygen atoms in total. The molecule has 0 aliphatic rings. The van der Waals surface area contributed by atoms with E-state index in [1.54, 1.807) is 0 Å². The maximum absolute atomic E-state index is 13.3. The average molecular weight is 437 g/mol. The van der Waals surface area contributed by atoms with E-state index >= 15 is 0 Å². The van der Waals surface area contributed by atoms with Crippen LogP contribution in [0.15, 0.2) is 24.3 Å². The molecule has 166 valence electrons. The number of anilines is 1. The fourth-order valence-corrected chi connectivity index (χ4v) is 4.57. The second-order valence-corrected chi connectivity index (χ2v) is 11.0. The van der Waals surface area contributed by atoms with Gasteiger partial charge >= 0.3 is 6.18 Å². The van der Waals surface area contributed by atoms with E-state index in [0.717, 1.165) is 24.8 Å². The summed E-state index contributed by atoms with van der Waals surface area (Å²) in [6, 6.07) is 4.52. The molecule has 1 rings (SSSR count). The van der Waals surface area contributed by atoms with Crippen molar-refractivity contribution >= 4 is 21.6 Å². The lowest BCUT2D eigenvalue weighted by atomic mass is 9.82. The summed E-state index contributed by atoms with van der Waals surface area (Å²) in [6.45, 7) is 9.76. The van der Waals surface area contributed by atoms with Crippen molar-refractivity contribution in [3.8, 4) is 0 Å². The Morgan fingerprint density at radius 2 is 1.62 bits per heavy atom. The SMILES string of the molecule is CC(C)(C)CC(C)(C)NC(=O)CCCN(c1ccccc1C(F)(F)F)S(C)(=O)=O. The van der Waals surface area contributed by atoms with Crippen LogP contribution in [0.25, 0.3) is 0 Å². The Morgan fingerprint density at radius 1 is 1.07 bits per heavy atom. The second kappa shape index (κ2) is 8.93. The maximum atomic E-state index is 13.3. The van der Waals surface area contributed by atoms with Crippen molar-refractivity contribution in [1.82, 2.24) is 5.32 Å². The van der Waals surface area contributed by atoms with Gasteiger partial charge in [-0.05, 0) is 44.2 Å². The van der Waals surface area contributed by atoms with E-state index in [0.29, 0.717) is 4.31 Å². The van der Waals surface area contributed by atoms with Gasteiger partial charge in [-0.25, -0.2) is 8.42 Å². The van der Waals surface area contributed by atoms with Crippen LogP contribution in [0.2, 0.25) is 0 Å². The lowest BCUT2D eigenvalue weighted by Gasteiger charge is -2.33. The molecule has 0 heterocycles. The number of benzene rings is 1. The lowest BCUT2D eigenvalue weighted by molar-refractivity contribution is -0.137. The summed E-state index contributed by atoms with van der Waals surface area (Å²) in [6.07, 6.45) is -2.99. The molecule has 1 N–H and O–H groups in total. The molecular weight excluding hydrogens is 405 g/mol.